The molecule has 0 saturated carbocycles. The van der Waals surface area contributed by atoms with Gasteiger partial charge in [0.15, 0.2) is 10.8 Å². The molecular formula is C21H21N5OS. The Morgan fingerprint density at radius 3 is 2.61 bits per heavy atom. The van der Waals surface area contributed by atoms with Crippen molar-refractivity contribution in [3.8, 4) is 0 Å². The third-order valence-corrected chi connectivity index (χ3v) is 5.44. The van der Waals surface area contributed by atoms with Gasteiger partial charge in [0.05, 0.1) is 11.3 Å². The monoisotopic (exact) mass is 391 g/mol. The molecule has 0 spiro atoms. The Bertz CT molecular complexity index is 1130. The van der Waals surface area contributed by atoms with Crippen molar-refractivity contribution in [3.63, 3.8) is 0 Å². The van der Waals surface area contributed by atoms with E-state index in [4.69, 9.17) is 4.98 Å². The van der Waals surface area contributed by atoms with Crippen molar-refractivity contribution >= 4 is 34.2 Å². The number of carbonyl (C=O) groups excluding carboxylic acids is 1. The van der Waals surface area contributed by atoms with Crippen LogP contribution in [0.5, 0.6) is 0 Å². The van der Waals surface area contributed by atoms with Crippen LogP contribution in [0.4, 0.5) is 0 Å². The maximum atomic E-state index is 12.8. The summed E-state index contributed by atoms with van der Waals surface area (Å²) in [6.45, 7) is 5.13. The topological polar surface area (TPSA) is 63.4 Å². The zero-order valence-corrected chi connectivity index (χ0v) is 16.7. The molecule has 0 bridgehead atoms. The second-order valence-electron chi connectivity index (χ2n) is 6.49. The fourth-order valence-corrected chi connectivity index (χ4v) is 3.97. The van der Waals surface area contributed by atoms with Gasteiger partial charge in [-0.25, -0.2) is 9.97 Å². The molecule has 28 heavy (non-hydrogen) atoms. The molecule has 142 valence electrons. The molecule has 2 heterocycles. The first kappa shape index (κ1) is 18.4. The fraction of sp³-hybridized carbons (Fsp3) is 0.238. The zero-order valence-electron chi connectivity index (χ0n) is 15.9. The standard InChI is InChI=1S/C21H21N5OS/c1-3-25(13-16-9-5-4-6-10-16)19(27)14-28-21-23-18-12-8-7-11-17(18)20-22-15(2)24-26(20)21/h4-12H,3,13-14H2,1-2H3. The molecular weight excluding hydrogens is 370 g/mol. The molecule has 1 amide bonds. The third kappa shape index (κ3) is 3.71. The summed E-state index contributed by atoms with van der Waals surface area (Å²) in [7, 11) is 0. The third-order valence-electron chi connectivity index (χ3n) is 4.53. The number of aromatic nitrogens is 4. The van der Waals surface area contributed by atoms with Crippen LogP contribution in [-0.4, -0.2) is 42.7 Å². The Balaban J connectivity index is 1.56. The molecule has 0 aliphatic heterocycles. The van der Waals surface area contributed by atoms with Gasteiger partial charge in [-0.3, -0.25) is 4.79 Å². The number of rotatable bonds is 6. The highest BCUT2D eigenvalue weighted by molar-refractivity contribution is 7.99. The molecule has 0 saturated heterocycles. The van der Waals surface area contributed by atoms with Gasteiger partial charge < -0.3 is 4.90 Å². The van der Waals surface area contributed by atoms with E-state index in [1.807, 2.05) is 73.3 Å². The van der Waals surface area contributed by atoms with Gasteiger partial charge in [0, 0.05) is 18.5 Å². The SMILES string of the molecule is CCN(Cc1ccccc1)C(=O)CSc1nc2ccccc2c2nc(C)nn12. The van der Waals surface area contributed by atoms with E-state index in [1.165, 1.54) is 11.8 Å². The largest absolute Gasteiger partial charge is 0.338 e. The van der Waals surface area contributed by atoms with Crippen LogP contribution in [0.3, 0.4) is 0 Å². The van der Waals surface area contributed by atoms with Crippen LogP contribution in [0, 0.1) is 6.92 Å². The molecule has 4 rings (SSSR count). The van der Waals surface area contributed by atoms with E-state index in [0.29, 0.717) is 29.8 Å². The number of hydrogen-bond donors (Lipinski definition) is 0. The number of fused-ring (bicyclic) bond motifs is 3. The van der Waals surface area contributed by atoms with Gasteiger partial charge >= 0.3 is 0 Å². The summed E-state index contributed by atoms with van der Waals surface area (Å²) in [5.74, 6) is 1.07. The number of amides is 1. The molecule has 2 aromatic carbocycles. The minimum absolute atomic E-state index is 0.0799. The second-order valence-corrected chi connectivity index (χ2v) is 7.43. The number of thioether (sulfide) groups is 1. The lowest BCUT2D eigenvalue weighted by molar-refractivity contribution is -0.128. The molecule has 0 aliphatic rings. The predicted octanol–water partition coefficient (Wildman–Crippen LogP) is 3.73. The summed E-state index contributed by atoms with van der Waals surface area (Å²) < 4.78 is 1.74. The molecule has 6 nitrogen and oxygen atoms in total. The van der Waals surface area contributed by atoms with Gasteiger partial charge in [-0.1, -0.05) is 54.2 Å². The van der Waals surface area contributed by atoms with Crippen LogP contribution < -0.4 is 0 Å². The summed E-state index contributed by atoms with van der Waals surface area (Å²) in [5, 5.41) is 6.11. The predicted molar refractivity (Wildman–Crippen MR) is 111 cm³/mol. The van der Waals surface area contributed by atoms with E-state index in [9.17, 15) is 4.79 Å². The molecule has 7 heteroatoms. The quantitative estimate of drug-likeness (QED) is 0.370. The summed E-state index contributed by atoms with van der Waals surface area (Å²) in [4.78, 5) is 23.9. The average molecular weight is 392 g/mol. The summed E-state index contributed by atoms with van der Waals surface area (Å²) in [6, 6.07) is 17.9. The van der Waals surface area contributed by atoms with Gasteiger partial charge in [0.25, 0.3) is 0 Å². The van der Waals surface area contributed by atoms with Gasteiger partial charge in [-0.15, -0.1) is 5.10 Å². The number of para-hydroxylation sites is 1. The Morgan fingerprint density at radius 2 is 1.82 bits per heavy atom. The zero-order chi connectivity index (χ0) is 19.5. The second kappa shape index (κ2) is 7.98. The molecule has 0 atom stereocenters. The van der Waals surface area contributed by atoms with Crippen molar-refractivity contribution < 1.29 is 4.79 Å². The Morgan fingerprint density at radius 1 is 1.07 bits per heavy atom. The Hall–Kier alpha value is -2.93. The normalized spacial score (nSPS) is 11.2. The number of hydrogen-bond acceptors (Lipinski definition) is 5. The minimum atomic E-state index is 0.0799. The maximum absolute atomic E-state index is 12.8. The van der Waals surface area contributed by atoms with Crippen LogP contribution in [-0.2, 0) is 11.3 Å². The van der Waals surface area contributed by atoms with Crippen LogP contribution in [0.1, 0.15) is 18.3 Å². The van der Waals surface area contributed by atoms with E-state index in [1.54, 1.807) is 4.52 Å². The van der Waals surface area contributed by atoms with E-state index in [0.717, 1.165) is 22.1 Å². The van der Waals surface area contributed by atoms with E-state index < -0.39 is 0 Å². The van der Waals surface area contributed by atoms with Crippen LogP contribution >= 0.6 is 11.8 Å². The van der Waals surface area contributed by atoms with Crippen molar-refractivity contribution in [1.82, 2.24) is 24.5 Å². The highest BCUT2D eigenvalue weighted by Crippen LogP contribution is 2.24. The molecule has 0 N–H and O–H groups in total. The van der Waals surface area contributed by atoms with Crippen molar-refractivity contribution in [2.24, 2.45) is 0 Å². The fourth-order valence-electron chi connectivity index (χ4n) is 3.12. The number of nitrogens with zero attached hydrogens (tertiary/aromatic N) is 5. The number of benzene rings is 2. The minimum Gasteiger partial charge on any atom is -0.338 e. The maximum Gasteiger partial charge on any atom is 0.233 e. The van der Waals surface area contributed by atoms with Crippen molar-refractivity contribution in [1.29, 1.82) is 0 Å². The Kier molecular flexibility index (Phi) is 5.25. The molecule has 0 radical (unpaired) electrons. The van der Waals surface area contributed by atoms with Gasteiger partial charge in [0.1, 0.15) is 5.82 Å². The van der Waals surface area contributed by atoms with Crippen molar-refractivity contribution in [3.05, 3.63) is 66.0 Å². The highest BCUT2D eigenvalue weighted by atomic mass is 32.2. The summed E-state index contributed by atoms with van der Waals surface area (Å²) >= 11 is 1.40. The van der Waals surface area contributed by atoms with Crippen LogP contribution in [0.25, 0.3) is 16.6 Å². The molecule has 0 aliphatic carbocycles. The van der Waals surface area contributed by atoms with Crippen LogP contribution in [0.15, 0.2) is 59.8 Å². The Labute approximate surface area is 167 Å². The molecule has 4 aromatic rings. The highest BCUT2D eigenvalue weighted by Gasteiger charge is 2.16. The van der Waals surface area contributed by atoms with Crippen molar-refractivity contribution in [2.75, 3.05) is 12.3 Å². The lowest BCUT2D eigenvalue weighted by atomic mass is 10.2. The van der Waals surface area contributed by atoms with Crippen molar-refractivity contribution in [2.45, 2.75) is 25.5 Å². The van der Waals surface area contributed by atoms with E-state index in [2.05, 4.69) is 10.1 Å². The average Bonchev–Trinajstić information content (AvgIpc) is 3.12. The first-order valence-electron chi connectivity index (χ1n) is 9.22. The van der Waals surface area contributed by atoms with E-state index in [-0.39, 0.29) is 5.91 Å². The lowest BCUT2D eigenvalue weighted by Crippen LogP contribution is -2.31. The first-order chi connectivity index (χ1) is 13.7. The lowest BCUT2D eigenvalue weighted by Gasteiger charge is -2.20. The summed E-state index contributed by atoms with van der Waals surface area (Å²) in [6.07, 6.45) is 0. The number of aryl methyl sites for hydroxylation is 1. The molecule has 0 fully saturated rings. The van der Waals surface area contributed by atoms with Gasteiger partial charge in [0.2, 0.25) is 5.91 Å². The van der Waals surface area contributed by atoms with E-state index >= 15 is 0 Å². The summed E-state index contributed by atoms with van der Waals surface area (Å²) in [5.41, 5.74) is 2.75. The number of carbonyl (C=O) groups is 1. The van der Waals surface area contributed by atoms with Gasteiger partial charge in [-0.05, 0) is 31.5 Å². The molecule has 0 unspecified atom stereocenters. The first-order valence-corrected chi connectivity index (χ1v) is 10.2. The molecule has 2 aromatic heterocycles. The van der Waals surface area contributed by atoms with Crippen LogP contribution in [0.2, 0.25) is 0 Å². The smallest absolute Gasteiger partial charge is 0.233 e. The van der Waals surface area contributed by atoms with Gasteiger partial charge in [-0.2, -0.15) is 4.52 Å².